The molecule has 0 radical (unpaired) electrons. The van der Waals surface area contributed by atoms with Crippen LogP contribution >= 0.6 is 0 Å². The highest BCUT2D eigenvalue weighted by molar-refractivity contribution is 5.97. The molecule has 2 rings (SSSR count). The monoisotopic (exact) mass is 317 g/mol. The summed E-state index contributed by atoms with van der Waals surface area (Å²) in [6, 6.07) is 8.27. The van der Waals surface area contributed by atoms with E-state index in [0.717, 1.165) is 12.1 Å². The van der Waals surface area contributed by atoms with Crippen LogP contribution in [0.4, 0.5) is 0 Å². The van der Waals surface area contributed by atoms with E-state index in [9.17, 15) is 9.59 Å². The van der Waals surface area contributed by atoms with Gasteiger partial charge in [0.05, 0.1) is 18.5 Å². The Kier molecular flexibility index (Phi) is 5.35. The summed E-state index contributed by atoms with van der Waals surface area (Å²) in [6.07, 6.45) is 2.40. The number of nitrogens with one attached hydrogen (secondary N) is 1. The van der Waals surface area contributed by atoms with Gasteiger partial charge in [0.15, 0.2) is 11.4 Å². The molecule has 7 heteroatoms. The summed E-state index contributed by atoms with van der Waals surface area (Å²) < 4.78 is 7.09. The van der Waals surface area contributed by atoms with Crippen LogP contribution in [-0.4, -0.2) is 39.4 Å². The molecule has 7 nitrogen and oxygen atoms in total. The van der Waals surface area contributed by atoms with Gasteiger partial charge in [0, 0.05) is 0 Å². The highest BCUT2D eigenvalue weighted by Gasteiger charge is 2.22. The zero-order chi connectivity index (χ0) is 16.8. The van der Waals surface area contributed by atoms with Crippen LogP contribution in [0.25, 0.3) is 5.69 Å². The van der Waals surface area contributed by atoms with E-state index in [1.165, 1.54) is 11.6 Å². The lowest BCUT2D eigenvalue weighted by atomic mass is 10.3. The molecule has 0 aliphatic rings. The molecular formula is C16H19N3O4. The molecular weight excluding hydrogens is 298 g/mol. The molecule has 0 aliphatic carbocycles. The van der Waals surface area contributed by atoms with Gasteiger partial charge in [-0.3, -0.25) is 9.59 Å². The van der Waals surface area contributed by atoms with E-state index in [4.69, 9.17) is 9.84 Å². The van der Waals surface area contributed by atoms with E-state index in [1.807, 2.05) is 37.3 Å². The second-order valence-corrected chi connectivity index (χ2v) is 5.00. The second-order valence-electron chi connectivity index (χ2n) is 5.00. The summed E-state index contributed by atoms with van der Waals surface area (Å²) in [6.45, 7) is 3.78. The maximum absolute atomic E-state index is 12.3. The molecule has 1 amide bonds. The number of benzene rings is 1. The van der Waals surface area contributed by atoms with Gasteiger partial charge in [0.25, 0.3) is 5.91 Å². The molecule has 0 bridgehead atoms. The molecule has 1 heterocycles. The van der Waals surface area contributed by atoms with Gasteiger partial charge in [-0.1, -0.05) is 25.1 Å². The van der Waals surface area contributed by atoms with Gasteiger partial charge in [-0.05, 0) is 25.5 Å². The number of nitrogens with zero attached hydrogens (tertiary/aromatic N) is 2. The Balaban J connectivity index is 2.30. The van der Waals surface area contributed by atoms with E-state index in [2.05, 4.69) is 10.4 Å². The lowest BCUT2D eigenvalue weighted by Gasteiger charge is -2.09. The predicted octanol–water partition coefficient (Wildman–Crippen LogP) is 1.86. The van der Waals surface area contributed by atoms with E-state index in [-0.39, 0.29) is 5.69 Å². The van der Waals surface area contributed by atoms with Gasteiger partial charge in [-0.15, -0.1) is 0 Å². The number of rotatable bonds is 7. The number of carboxylic acids is 1. The van der Waals surface area contributed by atoms with Gasteiger partial charge in [0.2, 0.25) is 0 Å². The largest absolute Gasteiger partial charge is 0.489 e. The van der Waals surface area contributed by atoms with Crippen LogP contribution < -0.4 is 10.1 Å². The Labute approximate surface area is 133 Å². The van der Waals surface area contributed by atoms with Crippen LogP contribution in [0.5, 0.6) is 5.75 Å². The standard InChI is InChI=1S/C16H19N3O4/c1-3-9-23-13-10-19(12-7-5-4-6-8-12)18-14(13)15(20)17-11(2)16(21)22/h4-8,10-11H,3,9H2,1-2H3,(H,17,20)(H,21,22). The second kappa shape index (κ2) is 7.44. The van der Waals surface area contributed by atoms with Gasteiger partial charge < -0.3 is 15.2 Å². The number of aliphatic carboxylic acids is 1. The van der Waals surface area contributed by atoms with Crippen LogP contribution in [0.1, 0.15) is 30.8 Å². The Morgan fingerprint density at radius 1 is 1.35 bits per heavy atom. The first-order valence-corrected chi connectivity index (χ1v) is 7.34. The Morgan fingerprint density at radius 2 is 2.04 bits per heavy atom. The topological polar surface area (TPSA) is 93.5 Å². The van der Waals surface area contributed by atoms with Crippen LogP contribution in [-0.2, 0) is 4.79 Å². The maximum Gasteiger partial charge on any atom is 0.325 e. The Morgan fingerprint density at radius 3 is 2.65 bits per heavy atom. The lowest BCUT2D eigenvalue weighted by molar-refractivity contribution is -0.138. The summed E-state index contributed by atoms with van der Waals surface area (Å²) in [7, 11) is 0. The van der Waals surface area contributed by atoms with Crippen molar-refractivity contribution in [1.29, 1.82) is 0 Å². The smallest absolute Gasteiger partial charge is 0.325 e. The zero-order valence-corrected chi connectivity index (χ0v) is 13.0. The molecule has 2 aromatic rings. The summed E-state index contributed by atoms with van der Waals surface area (Å²) in [5.74, 6) is -1.37. The molecule has 1 unspecified atom stereocenters. The Hall–Kier alpha value is -2.83. The quantitative estimate of drug-likeness (QED) is 0.813. The minimum absolute atomic E-state index is 0.0652. The number of carboxylic acid groups (broad SMARTS) is 1. The maximum atomic E-state index is 12.3. The minimum Gasteiger partial charge on any atom is -0.489 e. The third-order valence-electron chi connectivity index (χ3n) is 3.10. The van der Waals surface area contributed by atoms with Crippen molar-refractivity contribution in [3.05, 3.63) is 42.2 Å². The normalized spacial score (nSPS) is 11.7. The van der Waals surface area contributed by atoms with Crippen molar-refractivity contribution in [1.82, 2.24) is 15.1 Å². The SMILES string of the molecule is CCCOc1cn(-c2ccccc2)nc1C(=O)NC(C)C(=O)O. The van der Waals surface area contributed by atoms with Crippen LogP contribution in [0.3, 0.4) is 0 Å². The van der Waals surface area contributed by atoms with E-state index in [0.29, 0.717) is 12.4 Å². The lowest BCUT2D eigenvalue weighted by Crippen LogP contribution is -2.38. The molecule has 1 aromatic carbocycles. The van der Waals surface area contributed by atoms with Crippen molar-refractivity contribution < 1.29 is 19.4 Å². The predicted molar refractivity (Wildman–Crippen MR) is 83.9 cm³/mol. The zero-order valence-electron chi connectivity index (χ0n) is 13.0. The molecule has 23 heavy (non-hydrogen) atoms. The summed E-state index contributed by atoms with van der Waals surface area (Å²) in [5, 5.41) is 15.5. The summed E-state index contributed by atoms with van der Waals surface area (Å²) in [4.78, 5) is 23.1. The fourth-order valence-electron chi connectivity index (χ4n) is 1.87. The molecule has 122 valence electrons. The highest BCUT2D eigenvalue weighted by Crippen LogP contribution is 2.20. The molecule has 1 atom stereocenters. The van der Waals surface area contributed by atoms with E-state index in [1.54, 1.807) is 6.20 Å². The molecule has 0 fully saturated rings. The number of aromatic nitrogens is 2. The van der Waals surface area contributed by atoms with Gasteiger partial charge in [-0.25, -0.2) is 4.68 Å². The fraction of sp³-hybridized carbons (Fsp3) is 0.312. The number of amides is 1. The van der Waals surface area contributed by atoms with Gasteiger partial charge >= 0.3 is 5.97 Å². The summed E-state index contributed by atoms with van der Waals surface area (Å²) >= 11 is 0. The number of carbonyl (C=O) groups is 2. The van der Waals surface area contributed by atoms with Crippen LogP contribution in [0.2, 0.25) is 0 Å². The van der Waals surface area contributed by atoms with Crippen molar-refractivity contribution >= 4 is 11.9 Å². The van der Waals surface area contributed by atoms with Gasteiger partial charge in [0.1, 0.15) is 6.04 Å². The van der Waals surface area contributed by atoms with Crippen molar-refractivity contribution in [2.75, 3.05) is 6.61 Å². The number of ether oxygens (including phenoxy) is 1. The van der Waals surface area contributed by atoms with Crippen LogP contribution in [0.15, 0.2) is 36.5 Å². The van der Waals surface area contributed by atoms with Crippen molar-refractivity contribution in [3.8, 4) is 11.4 Å². The average molecular weight is 317 g/mol. The van der Waals surface area contributed by atoms with Crippen molar-refractivity contribution in [2.45, 2.75) is 26.3 Å². The van der Waals surface area contributed by atoms with Crippen molar-refractivity contribution in [3.63, 3.8) is 0 Å². The summed E-state index contributed by atoms with van der Waals surface area (Å²) in [5.41, 5.74) is 0.842. The minimum atomic E-state index is -1.11. The number of carbonyl (C=O) groups excluding carboxylic acids is 1. The number of hydrogen-bond acceptors (Lipinski definition) is 4. The Bertz CT molecular complexity index is 682. The average Bonchev–Trinajstić information content (AvgIpc) is 2.97. The highest BCUT2D eigenvalue weighted by atomic mass is 16.5. The molecule has 0 saturated carbocycles. The fourth-order valence-corrected chi connectivity index (χ4v) is 1.87. The molecule has 0 aliphatic heterocycles. The van der Waals surface area contributed by atoms with Crippen LogP contribution in [0, 0.1) is 0 Å². The first-order valence-electron chi connectivity index (χ1n) is 7.34. The third-order valence-corrected chi connectivity index (χ3v) is 3.10. The molecule has 0 saturated heterocycles. The first kappa shape index (κ1) is 16.5. The van der Waals surface area contributed by atoms with E-state index >= 15 is 0 Å². The molecule has 2 N–H and O–H groups in total. The van der Waals surface area contributed by atoms with Crippen molar-refractivity contribution in [2.24, 2.45) is 0 Å². The molecule has 1 aromatic heterocycles. The number of para-hydroxylation sites is 1. The molecule has 0 spiro atoms. The first-order chi connectivity index (χ1) is 11.0. The third kappa shape index (κ3) is 4.09. The van der Waals surface area contributed by atoms with Gasteiger partial charge in [-0.2, -0.15) is 5.10 Å². The number of hydrogen-bond donors (Lipinski definition) is 2. The van der Waals surface area contributed by atoms with E-state index < -0.39 is 17.9 Å².